The summed E-state index contributed by atoms with van der Waals surface area (Å²) in [6.45, 7) is 3.90. The molecule has 0 radical (unpaired) electrons. The molecule has 0 fully saturated rings. The number of halogens is 1. The highest BCUT2D eigenvalue weighted by molar-refractivity contribution is 14.1. The maximum absolute atomic E-state index is 13.4. The minimum absolute atomic E-state index is 0.113. The molecule has 0 aliphatic carbocycles. The second kappa shape index (κ2) is 10.1. The Morgan fingerprint density at radius 1 is 1.03 bits per heavy atom. The molecule has 0 aromatic heterocycles. The van der Waals surface area contributed by atoms with Crippen LogP contribution in [0, 0.1) is 10.5 Å². The molecule has 31 heavy (non-hydrogen) atoms. The smallest absolute Gasteiger partial charge is 0.264 e. The van der Waals surface area contributed by atoms with E-state index in [4.69, 9.17) is 4.74 Å². The first kappa shape index (κ1) is 23.1. The first-order valence-electron chi connectivity index (χ1n) is 9.68. The zero-order chi connectivity index (χ0) is 22.4. The van der Waals surface area contributed by atoms with Gasteiger partial charge in [0, 0.05) is 9.26 Å². The normalized spacial score (nSPS) is 11.1. The molecule has 1 N–H and O–H groups in total. The van der Waals surface area contributed by atoms with Gasteiger partial charge >= 0.3 is 0 Å². The van der Waals surface area contributed by atoms with Gasteiger partial charge in [-0.15, -0.1) is 0 Å². The van der Waals surface area contributed by atoms with Crippen molar-refractivity contribution in [2.75, 3.05) is 22.8 Å². The summed E-state index contributed by atoms with van der Waals surface area (Å²) in [6.07, 6.45) is 0. The van der Waals surface area contributed by atoms with Gasteiger partial charge in [-0.3, -0.25) is 9.10 Å². The van der Waals surface area contributed by atoms with E-state index < -0.39 is 15.9 Å². The van der Waals surface area contributed by atoms with E-state index in [-0.39, 0.29) is 11.4 Å². The number of ether oxygens (including phenoxy) is 1. The maximum Gasteiger partial charge on any atom is 0.264 e. The topological polar surface area (TPSA) is 75.7 Å². The lowest BCUT2D eigenvalue weighted by Gasteiger charge is -2.24. The van der Waals surface area contributed by atoms with Gasteiger partial charge in [0.25, 0.3) is 10.0 Å². The molecule has 0 saturated carbocycles. The standard InChI is InChI=1S/C23H23IN2O4S/c1-3-30-20-12-10-19(11-13-20)26(31(28,29)21-7-5-4-6-8-21)16-23(27)25-22-14-9-18(24)15-17(22)2/h4-15H,3,16H2,1-2H3,(H,25,27). The van der Waals surface area contributed by atoms with E-state index >= 15 is 0 Å². The third kappa shape index (κ3) is 5.76. The summed E-state index contributed by atoms with van der Waals surface area (Å²) in [5.41, 5.74) is 1.93. The lowest BCUT2D eigenvalue weighted by molar-refractivity contribution is -0.114. The van der Waals surface area contributed by atoms with Crippen LogP contribution in [0.4, 0.5) is 11.4 Å². The molecule has 3 rings (SSSR count). The Labute approximate surface area is 196 Å². The predicted octanol–water partition coefficient (Wildman–Crippen LogP) is 4.83. The number of aryl methyl sites for hydroxylation is 1. The molecule has 0 atom stereocenters. The predicted molar refractivity (Wildman–Crippen MR) is 131 cm³/mol. The van der Waals surface area contributed by atoms with E-state index in [0.29, 0.717) is 23.7 Å². The molecular formula is C23H23IN2O4S. The summed E-state index contributed by atoms with van der Waals surface area (Å²) < 4.78 is 34.3. The van der Waals surface area contributed by atoms with E-state index in [0.717, 1.165) is 13.4 Å². The van der Waals surface area contributed by atoms with Crippen LogP contribution in [0.3, 0.4) is 0 Å². The van der Waals surface area contributed by atoms with Gasteiger partial charge in [-0.2, -0.15) is 0 Å². The zero-order valence-corrected chi connectivity index (χ0v) is 20.2. The highest BCUT2D eigenvalue weighted by Crippen LogP contribution is 2.26. The number of rotatable bonds is 8. The Balaban J connectivity index is 1.92. The van der Waals surface area contributed by atoms with Crippen molar-refractivity contribution in [3.8, 4) is 5.75 Å². The van der Waals surface area contributed by atoms with Crippen molar-refractivity contribution in [2.45, 2.75) is 18.7 Å². The van der Waals surface area contributed by atoms with E-state index in [2.05, 4.69) is 27.9 Å². The Morgan fingerprint density at radius 3 is 2.32 bits per heavy atom. The van der Waals surface area contributed by atoms with Crippen LogP contribution in [-0.2, 0) is 14.8 Å². The fourth-order valence-electron chi connectivity index (χ4n) is 3.00. The van der Waals surface area contributed by atoms with Crippen LogP contribution in [0.15, 0.2) is 77.7 Å². The van der Waals surface area contributed by atoms with E-state index in [1.807, 2.05) is 32.0 Å². The fourth-order valence-corrected chi connectivity index (χ4v) is 5.09. The number of benzene rings is 3. The monoisotopic (exact) mass is 550 g/mol. The van der Waals surface area contributed by atoms with Crippen molar-refractivity contribution < 1.29 is 17.9 Å². The van der Waals surface area contributed by atoms with Gasteiger partial charge in [0.2, 0.25) is 5.91 Å². The van der Waals surface area contributed by atoms with Crippen LogP contribution in [0.1, 0.15) is 12.5 Å². The van der Waals surface area contributed by atoms with Crippen molar-refractivity contribution >= 4 is 49.9 Å². The Bertz CT molecular complexity index is 1150. The summed E-state index contributed by atoms with van der Waals surface area (Å²) in [4.78, 5) is 13.0. The van der Waals surface area contributed by atoms with Gasteiger partial charge in [0.05, 0.1) is 17.2 Å². The molecule has 6 nitrogen and oxygen atoms in total. The van der Waals surface area contributed by atoms with Gasteiger partial charge in [-0.05, 0) is 96.6 Å². The molecule has 3 aromatic rings. The number of carbonyl (C=O) groups excluding carboxylic acids is 1. The number of hydrogen-bond donors (Lipinski definition) is 1. The molecule has 1 amide bonds. The number of amides is 1. The Kier molecular flexibility index (Phi) is 7.55. The quantitative estimate of drug-likeness (QED) is 0.408. The first-order valence-corrected chi connectivity index (χ1v) is 12.2. The highest BCUT2D eigenvalue weighted by atomic mass is 127. The van der Waals surface area contributed by atoms with Crippen LogP contribution in [0.25, 0.3) is 0 Å². The molecule has 0 aliphatic rings. The highest BCUT2D eigenvalue weighted by Gasteiger charge is 2.27. The lowest BCUT2D eigenvalue weighted by atomic mass is 10.2. The van der Waals surface area contributed by atoms with E-state index in [1.165, 1.54) is 12.1 Å². The maximum atomic E-state index is 13.4. The van der Waals surface area contributed by atoms with Gasteiger partial charge in [0.15, 0.2) is 0 Å². The van der Waals surface area contributed by atoms with Gasteiger partial charge in [0.1, 0.15) is 12.3 Å². The summed E-state index contributed by atoms with van der Waals surface area (Å²) in [5, 5.41) is 2.82. The van der Waals surface area contributed by atoms with Crippen molar-refractivity contribution in [2.24, 2.45) is 0 Å². The fraction of sp³-hybridized carbons (Fsp3) is 0.174. The molecule has 0 spiro atoms. The summed E-state index contributed by atoms with van der Waals surface area (Å²) in [6, 6.07) is 20.3. The number of carbonyl (C=O) groups is 1. The van der Waals surface area contributed by atoms with Crippen LogP contribution in [0.5, 0.6) is 5.75 Å². The summed E-state index contributed by atoms with van der Waals surface area (Å²) in [7, 11) is -3.95. The van der Waals surface area contributed by atoms with E-state index in [9.17, 15) is 13.2 Å². The molecule has 162 valence electrons. The Hall–Kier alpha value is -2.59. The minimum Gasteiger partial charge on any atom is -0.494 e. The second-order valence-corrected chi connectivity index (χ2v) is 9.87. The number of nitrogens with zero attached hydrogens (tertiary/aromatic N) is 1. The number of nitrogens with one attached hydrogen (secondary N) is 1. The third-order valence-corrected chi connectivity index (χ3v) is 6.98. The summed E-state index contributed by atoms with van der Waals surface area (Å²) in [5.74, 6) is 0.194. The van der Waals surface area contributed by atoms with Crippen molar-refractivity contribution in [1.82, 2.24) is 0 Å². The minimum atomic E-state index is -3.95. The lowest BCUT2D eigenvalue weighted by Crippen LogP contribution is -2.38. The number of hydrogen-bond acceptors (Lipinski definition) is 4. The number of anilines is 2. The zero-order valence-electron chi connectivity index (χ0n) is 17.2. The first-order chi connectivity index (χ1) is 14.8. The van der Waals surface area contributed by atoms with Crippen LogP contribution >= 0.6 is 22.6 Å². The summed E-state index contributed by atoms with van der Waals surface area (Å²) >= 11 is 2.20. The average Bonchev–Trinajstić information content (AvgIpc) is 2.75. The van der Waals surface area contributed by atoms with Crippen molar-refractivity contribution in [3.63, 3.8) is 0 Å². The second-order valence-electron chi connectivity index (χ2n) is 6.76. The molecule has 0 unspecified atom stereocenters. The molecule has 0 heterocycles. The molecule has 0 bridgehead atoms. The largest absolute Gasteiger partial charge is 0.494 e. The Morgan fingerprint density at radius 2 is 1.71 bits per heavy atom. The third-order valence-electron chi connectivity index (χ3n) is 4.52. The molecule has 3 aromatic carbocycles. The van der Waals surface area contributed by atoms with E-state index in [1.54, 1.807) is 42.5 Å². The van der Waals surface area contributed by atoms with Crippen LogP contribution in [0.2, 0.25) is 0 Å². The molecule has 0 aliphatic heterocycles. The van der Waals surface area contributed by atoms with Gasteiger partial charge in [-0.1, -0.05) is 18.2 Å². The number of sulfonamides is 1. The average molecular weight is 550 g/mol. The SMILES string of the molecule is CCOc1ccc(N(CC(=O)Nc2ccc(I)cc2C)S(=O)(=O)c2ccccc2)cc1. The van der Waals surface area contributed by atoms with Crippen molar-refractivity contribution in [3.05, 3.63) is 81.9 Å². The molecular weight excluding hydrogens is 527 g/mol. The van der Waals surface area contributed by atoms with Gasteiger partial charge in [-0.25, -0.2) is 8.42 Å². The molecule has 8 heteroatoms. The van der Waals surface area contributed by atoms with Gasteiger partial charge < -0.3 is 10.1 Å². The van der Waals surface area contributed by atoms with Crippen LogP contribution in [-0.4, -0.2) is 27.5 Å². The molecule has 0 saturated heterocycles. The van der Waals surface area contributed by atoms with Crippen LogP contribution < -0.4 is 14.4 Å². The van der Waals surface area contributed by atoms with Crippen molar-refractivity contribution in [1.29, 1.82) is 0 Å².